The summed E-state index contributed by atoms with van der Waals surface area (Å²) in [6.45, 7) is 4.99. The molecule has 142 valence electrons. The van der Waals surface area contributed by atoms with Gasteiger partial charge in [0.2, 0.25) is 0 Å². The largest absolute Gasteiger partial charge is 0.370 e. The van der Waals surface area contributed by atoms with Crippen LogP contribution in [-0.4, -0.2) is 43.0 Å². The number of hydrogen-bond acceptors (Lipinski definition) is 5. The molecule has 1 aromatic heterocycles. The van der Waals surface area contributed by atoms with E-state index in [0.717, 1.165) is 37.2 Å². The first-order valence-corrected chi connectivity index (χ1v) is 9.49. The first kappa shape index (κ1) is 17.9. The second-order valence-electron chi connectivity index (χ2n) is 7.13. The first-order valence-electron chi connectivity index (χ1n) is 9.49. The Morgan fingerprint density at radius 3 is 2.56 bits per heavy atom. The number of rotatable bonds is 4. The minimum absolute atomic E-state index is 0.0612. The highest BCUT2D eigenvalue weighted by molar-refractivity contribution is 5.95. The fraction of sp³-hybridized carbons (Fsp3) is 0.429. The van der Waals surface area contributed by atoms with Gasteiger partial charge in [-0.05, 0) is 18.6 Å². The van der Waals surface area contributed by atoms with Crippen LogP contribution in [0.25, 0.3) is 0 Å². The second-order valence-corrected chi connectivity index (χ2v) is 7.13. The molecule has 1 atom stereocenters. The Morgan fingerprint density at radius 1 is 1.15 bits per heavy atom. The lowest BCUT2D eigenvalue weighted by Gasteiger charge is -2.38. The summed E-state index contributed by atoms with van der Waals surface area (Å²) in [6.07, 6.45) is 5.08. The Balaban J connectivity index is 1.41. The van der Waals surface area contributed by atoms with Crippen molar-refractivity contribution in [3.63, 3.8) is 0 Å². The lowest BCUT2D eigenvalue weighted by molar-refractivity contribution is -0.169. The van der Waals surface area contributed by atoms with Gasteiger partial charge in [0.05, 0.1) is 36.7 Å². The number of hydrogen-bond donors (Lipinski definition) is 1. The fourth-order valence-corrected chi connectivity index (χ4v) is 3.72. The topological polar surface area (TPSA) is 63.7 Å². The Hall–Kier alpha value is -2.44. The van der Waals surface area contributed by atoms with Gasteiger partial charge in [0.25, 0.3) is 5.91 Å². The quantitative estimate of drug-likeness (QED) is 0.900. The monoisotopic (exact) mass is 367 g/mol. The molecule has 27 heavy (non-hydrogen) atoms. The zero-order valence-corrected chi connectivity index (χ0v) is 15.6. The molecular formula is C21H25N3O3. The number of piperidine rings is 1. The molecular weight excluding hydrogens is 342 g/mol. The van der Waals surface area contributed by atoms with Gasteiger partial charge in [0.1, 0.15) is 0 Å². The van der Waals surface area contributed by atoms with Crippen LogP contribution in [0.15, 0.2) is 48.8 Å². The average Bonchev–Trinajstić information content (AvgIpc) is 3.17. The Bertz CT molecular complexity index is 780. The second kappa shape index (κ2) is 7.66. The lowest BCUT2D eigenvalue weighted by atomic mass is 10.0. The van der Waals surface area contributed by atoms with Crippen molar-refractivity contribution in [1.82, 2.24) is 10.3 Å². The van der Waals surface area contributed by atoms with Crippen molar-refractivity contribution >= 4 is 11.6 Å². The molecule has 2 aliphatic heterocycles. The molecule has 2 aliphatic rings. The number of carbonyl (C=O) groups excluding carboxylic acids is 1. The van der Waals surface area contributed by atoms with Crippen LogP contribution in [0.3, 0.4) is 0 Å². The minimum atomic E-state index is -0.399. The number of amides is 1. The minimum Gasteiger partial charge on any atom is -0.370 e. The van der Waals surface area contributed by atoms with Gasteiger partial charge in [-0.15, -0.1) is 0 Å². The third-order valence-corrected chi connectivity index (χ3v) is 5.34. The summed E-state index contributed by atoms with van der Waals surface area (Å²) in [5.41, 5.74) is 2.61. The van der Waals surface area contributed by atoms with Crippen molar-refractivity contribution < 1.29 is 14.3 Å². The van der Waals surface area contributed by atoms with Crippen molar-refractivity contribution in [1.29, 1.82) is 0 Å². The lowest BCUT2D eigenvalue weighted by Crippen LogP contribution is -2.45. The van der Waals surface area contributed by atoms with E-state index in [1.807, 2.05) is 49.5 Å². The maximum absolute atomic E-state index is 12.7. The zero-order chi connectivity index (χ0) is 18.7. The van der Waals surface area contributed by atoms with Gasteiger partial charge >= 0.3 is 0 Å². The van der Waals surface area contributed by atoms with Crippen LogP contribution in [-0.2, 0) is 9.47 Å². The smallest absolute Gasteiger partial charge is 0.253 e. The number of pyridine rings is 1. The fourth-order valence-electron chi connectivity index (χ4n) is 3.72. The molecule has 2 fully saturated rings. The Kier molecular flexibility index (Phi) is 5.09. The number of nitrogens with one attached hydrogen (secondary N) is 1. The highest BCUT2D eigenvalue weighted by Crippen LogP contribution is 2.33. The molecule has 0 bridgehead atoms. The van der Waals surface area contributed by atoms with Crippen LogP contribution in [0.5, 0.6) is 0 Å². The van der Waals surface area contributed by atoms with E-state index in [1.165, 1.54) is 0 Å². The van der Waals surface area contributed by atoms with E-state index in [4.69, 9.17) is 9.47 Å². The summed E-state index contributed by atoms with van der Waals surface area (Å²) in [5, 5.41) is 3.04. The van der Waals surface area contributed by atoms with Crippen molar-refractivity contribution in [2.45, 2.75) is 31.6 Å². The number of ether oxygens (including phenoxy) is 2. The predicted molar refractivity (Wildman–Crippen MR) is 103 cm³/mol. The summed E-state index contributed by atoms with van der Waals surface area (Å²) in [7, 11) is 0. The average molecular weight is 367 g/mol. The van der Waals surface area contributed by atoms with E-state index >= 15 is 0 Å². The van der Waals surface area contributed by atoms with E-state index in [-0.39, 0.29) is 11.9 Å². The Morgan fingerprint density at radius 2 is 1.85 bits per heavy atom. The van der Waals surface area contributed by atoms with E-state index in [2.05, 4.69) is 15.2 Å². The number of aromatic nitrogens is 1. The van der Waals surface area contributed by atoms with Crippen LogP contribution >= 0.6 is 0 Å². The van der Waals surface area contributed by atoms with Crippen molar-refractivity contribution in [2.24, 2.45) is 0 Å². The SMILES string of the molecule is CC(NC(=O)c1cncc(N2CCC3(CC2)OCCO3)c1)c1ccccc1. The van der Waals surface area contributed by atoms with E-state index < -0.39 is 5.79 Å². The van der Waals surface area contributed by atoms with Crippen LogP contribution in [0, 0.1) is 0 Å². The molecule has 1 N–H and O–H groups in total. The van der Waals surface area contributed by atoms with Gasteiger partial charge < -0.3 is 19.7 Å². The molecule has 3 heterocycles. The Labute approximate surface area is 159 Å². The van der Waals surface area contributed by atoms with Crippen molar-refractivity contribution in [3.8, 4) is 0 Å². The zero-order valence-electron chi connectivity index (χ0n) is 15.6. The molecule has 2 saturated heterocycles. The molecule has 6 heteroatoms. The van der Waals surface area contributed by atoms with Crippen LogP contribution in [0.2, 0.25) is 0 Å². The molecule has 1 aromatic carbocycles. The van der Waals surface area contributed by atoms with Gasteiger partial charge in [-0.25, -0.2) is 0 Å². The van der Waals surface area contributed by atoms with E-state index in [1.54, 1.807) is 6.20 Å². The maximum Gasteiger partial charge on any atom is 0.253 e. The maximum atomic E-state index is 12.7. The highest BCUT2D eigenvalue weighted by atomic mass is 16.7. The molecule has 0 saturated carbocycles. The summed E-state index contributed by atoms with van der Waals surface area (Å²) < 4.78 is 11.6. The number of nitrogens with zero attached hydrogens (tertiary/aromatic N) is 2. The van der Waals surface area contributed by atoms with Gasteiger partial charge in [-0.3, -0.25) is 9.78 Å². The van der Waals surface area contributed by atoms with Gasteiger partial charge in [0.15, 0.2) is 5.79 Å². The number of benzene rings is 1. The summed E-state index contributed by atoms with van der Waals surface area (Å²) >= 11 is 0. The molecule has 2 aromatic rings. The first-order chi connectivity index (χ1) is 13.2. The number of anilines is 1. The summed E-state index contributed by atoms with van der Waals surface area (Å²) in [4.78, 5) is 19.2. The predicted octanol–water partition coefficient (Wildman–Crippen LogP) is 2.92. The molecule has 0 radical (unpaired) electrons. The molecule has 0 aliphatic carbocycles. The third-order valence-electron chi connectivity index (χ3n) is 5.34. The molecule has 4 rings (SSSR count). The van der Waals surface area contributed by atoms with Crippen molar-refractivity contribution in [2.75, 3.05) is 31.2 Å². The standard InChI is InChI=1S/C21H25N3O3/c1-16(17-5-3-2-4-6-17)23-20(25)18-13-19(15-22-14-18)24-9-7-21(8-10-24)26-11-12-27-21/h2-6,13-16H,7-12H2,1H3,(H,23,25). The van der Waals surface area contributed by atoms with Gasteiger partial charge in [0, 0.05) is 32.1 Å². The summed E-state index contributed by atoms with van der Waals surface area (Å²) in [6, 6.07) is 11.8. The van der Waals surface area contributed by atoms with Gasteiger partial charge in [-0.1, -0.05) is 30.3 Å². The van der Waals surface area contributed by atoms with Crippen molar-refractivity contribution in [3.05, 3.63) is 59.9 Å². The van der Waals surface area contributed by atoms with Crippen LogP contribution < -0.4 is 10.2 Å². The van der Waals surface area contributed by atoms with Gasteiger partial charge in [-0.2, -0.15) is 0 Å². The molecule has 6 nitrogen and oxygen atoms in total. The summed E-state index contributed by atoms with van der Waals surface area (Å²) in [5.74, 6) is -0.513. The highest BCUT2D eigenvalue weighted by Gasteiger charge is 2.39. The van der Waals surface area contributed by atoms with Crippen LogP contribution in [0.4, 0.5) is 5.69 Å². The molecule has 1 amide bonds. The number of carbonyl (C=O) groups is 1. The van der Waals surface area contributed by atoms with E-state index in [9.17, 15) is 4.79 Å². The van der Waals surface area contributed by atoms with Crippen LogP contribution in [0.1, 0.15) is 41.7 Å². The molecule has 1 spiro atoms. The molecule has 1 unspecified atom stereocenters. The third kappa shape index (κ3) is 3.96. The normalized spacial score (nSPS) is 19.8. The van der Waals surface area contributed by atoms with E-state index in [0.29, 0.717) is 18.8 Å².